The van der Waals surface area contributed by atoms with Crippen LogP contribution in [0.1, 0.15) is 6.42 Å². The zero-order valence-electron chi connectivity index (χ0n) is 10.1. The molecule has 1 rings (SSSR count). The normalized spacial score (nSPS) is 10.0. The average molecular weight is 225 g/mol. The van der Waals surface area contributed by atoms with Crippen LogP contribution in [0.5, 0.6) is 11.5 Å². The molecule has 1 aromatic carbocycles. The van der Waals surface area contributed by atoms with Crippen LogP contribution in [-0.4, -0.2) is 39.5 Å². The zero-order chi connectivity index (χ0) is 12.0. The summed E-state index contributed by atoms with van der Waals surface area (Å²) in [6.07, 6.45) is 0.733. The Hall–Kier alpha value is -1.42. The maximum absolute atomic E-state index is 8.81. The van der Waals surface area contributed by atoms with E-state index in [2.05, 4.69) is 0 Å². The van der Waals surface area contributed by atoms with Gasteiger partial charge in [0.05, 0.1) is 19.9 Å². The first-order valence-corrected chi connectivity index (χ1v) is 5.27. The van der Waals surface area contributed by atoms with Crippen LogP contribution < -0.4 is 14.4 Å². The third-order valence-corrected chi connectivity index (χ3v) is 2.45. The molecule has 90 valence electrons. The number of rotatable bonds is 6. The Labute approximate surface area is 96.4 Å². The minimum Gasteiger partial charge on any atom is -0.497 e. The Morgan fingerprint density at radius 1 is 1.25 bits per heavy atom. The summed E-state index contributed by atoms with van der Waals surface area (Å²) in [4.78, 5) is 2.04. The number of benzene rings is 1. The molecule has 1 aromatic rings. The van der Waals surface area contributed by atoms with Gasteiger partial charge in [-0.2, -0.15) is 0 Å². The van der Waals surface area contributed by atoms with Crippen LogP contribution in [0.3, 0.4) is 0 Å². The van der Waals surface area contributed by atoms with Crippen molar-refractivity contribution in [2.24, 2.45) is 0 Å². The molecule has 4 nitrogen and oxygen atoms in total. The topological polar surface area (TPSA) is 41.9 Å². The van der Waals surface area contributed by atoms with Crippen molar-refractivity contribution >= 4 is 5.69 Å². The molecule has 0 atom stereocenters. The summed E-state index contributed by atoms with van der Waals surface area (Å²) in [6, 6.07) is 5.67. The maximum Gasteiger partial charge on any atom is 0.142 e. The second-order valence-electron chi connectivity index (χ2n) is 3.54. The molecule has 4 heteroatoms. The fourth-order valence-corrected chi connectivity index (χ4v) is 1.52. The molecule has 0 unspecified atom stereocenters. The van der Waals surface area contributed by atoms with Gasteiger partial charge in [-0.15, -0.1) is 0 Å². The molecule has 0 aliphatic rings. The number of hydrogen-bond donors (Lipinski definition) is 1. The van der Waals surface area contributed by atoms with Crippen molar-refractivity contribution in [2.45, 2.75) is 6.42 Å². The third kappa shape index (κ3) is 3.03. The van der Waals surface area contributed by atoms with Gasteiger partial charge in [-0.1, -0.05) is 0 Å². The number of hydrogen-bond acceptors (Lipinski definition) is 4. The summed E-state index contributed by atoms with van der Waals surface area (Å²) in [5.74, 6) is 1.60. The molecular weight excluding hydrogens is 206 g/mol. The van der Waals surface area contributed by atoms with E-state index in [-0.39, 0.29) is 6.61 Å². The Morgan fingerprint density at radius 3 is 2.56 bits per heavy atom. The molecule has 0 aliphatic carbocycles. The van der Waals surface area contributed by atoms with Crippen LogP contribution in [0.4, 0.5) is 5.69 Å². The minimum absolute atomic E-state index is 0.191. The van der Waals surface area contributed by atoms with Crippen LogP contribution in [0.2, 0.25) is 0 Å². The quantitative estimate of drug-likeness (QED) is 0.797. The van der Waals surface area contributed by atoms with Gasteiger partial charge in [-0.05, 0) is 18.6 Å². The Kier molecular flexibility index (Phi) is 4.92. The first-order chi connectivity index (χ1) is 7.72. The molecule has 0 saturated heterocycles. The Morgan fingerprint density at radius 2 is 2.00 bits per heavy atom. The first kappa shape index (κ1) is 12.6. The van der Waals surface area contributed by atoms with Crippen molar-refractivity contribution in [1.82, 2.24) is 0 Å². The lowest BCUT2D eigenvalue weighted by atomic mass is 10.2. The molecule has 0 aromatic heterocycles. The van der Waals surface area contributed by atoms with E-state index in [1.807, 2.05) is 30.1 Å². The van der Waals surface area contributed by atoms with Gasteiger partial charge in [-0.3, -0.25) is 0 Å². The molecule has 0 aliphatic heterocycles. The van der Waals surface area contributed by atoms with Crippen LogP contribution in [0.15, 0.2) is 18.2 Å². The number of aliphatic hydroxyl groups is 1. The average Bonchev–Trinajstić information content (AvgIpc) is 2.35. The molecule has 0 amide bonds. The van der Waals surface area contributed by atoms with Crippen LogP contribution in [-0.2, 0) is 0 Å². The van der Waals surface area contributed by atoms with E-state index < -0.39 is 0 Å². The monoisotopic (exact) mass is 225 g/mol. The van der Waals surface area contributed by atoms with E-state index in [0.717, 1.165) is 30.2 Å². The van der Waals surface area contributed by atoms with Gasteiger partial charge in [0.2, 0.25) is 0 Å². The summed E-state index contributed by atoms with van der Waals surface area (Å²) < 4.78 is 10.5. The predicted molar refractivity (Wildman–Crippen MR) is 64.5 cm³/mol. The van der Waals surface area contributed by atoms with Crippen molar-refractivity contribution < 1.29 is 14.6 Å². The number of methoxy groups -OCH3 is 2. The lowest BCUT2D eigenvalue weighted by molar-refractivity contribution is 0.290. The number of ether oxygens (including phenoxy) is 2. The highest BCUT2D eigenvalue weighted by molar-refractivity contribution is 5.61. The first-order valence-electron chi connectivity index (χ1n) is 5.27. The lowest BCUT2D eigenvalue weighted by Gasteiger charge is -2.21. The van der Waals surface area contributed by atoms with Crippen molar-refractivity contribution in [3.05, 3.63) is 18.2 Å². The van der Waals surface area contributed by atoms with Gasteiger partial charge < -0.3 is 19.5 Å². The molecular formula is C12H19NO3. The van der Waals surface area contributed by atoms with Gasteiger partial charge in [-0.25, -0.2) is 0 Å². The van der Waals surface area contributed by atoms with Crippen molar-refractivity contribution in [1.29, 1.82) is 0 Å². The van der Waals surface area contributed by atoms with E-state index in [1.165, 1.54) is 0 Å². The molecule has 1 N–H and O–H groups in total. The predicted octanol–water partition coefficient (Wildman–Crippen LogP) is 1.52. The van der Waals surface area contributed by atoms with Crippen LogP contribution in [0.25, 0.3) is 0 Å². The second-order valence-corrected chi connectivity index (χ2v) is 3.54. The molecule has 16 heavy (non-hydrogen) atoms. The molecule has 0 bridgehead atoms. The molecule has 0 radical (unpaired) electrons. The van der Waals surface area contributed by atoms with E-state index in [9.17, 15) is 0 Å². The van der Waals surface area contributed by atoms with Gasteiger partial charge in [0.1, 0.15) is 11.5 Å². The highest BCUT2D eigenvalue weighted by Crippen LogP contribution is 2.31. The van der Waals surface area contributed by atoms with Crippen molar-refractivity contribution in [3.63, 3.8) is 0 Å². The lowest BCUT2D eigenvalue weighted by Crippen LogP contribution is -2.20. The molecule has 0 spiro atoms. The maximum atomic E-state index is 8.81. The molecule has 0 fully saturated rings. The van der Waals surface area contributed by atoms with E-state index in [4.69, 9.17) is 14.6 Å². The van der Waals surface area contributed by atoms with Crippen LogP contribution >= 0.6 is 0 Å². The largest absolute Gasteiger partial charge is 0.497 e. The minimum atomic E-state index is 0.191. The highest BCUT2D eigenvalue weighted by Gasteiger charge is 2.09. The summed E-state index contributed by atoms with van der Waals surface area (Å²) in [5.41, 5.74) is 0.968. The summed E-state index contributed by atoms with van der Waals surface area (Å²) in [5, 5.41) is 8.81. The van der Waals surface area contributed by atoms with Gasteiger partial charge in [0, 0.05) is 26.3 Å². The van der Waals surface area contributed by atoms with E-state index in [1.54, 1.807) is 14.2 Å². The fraction of sp³-hybridized carbons (Fsp3) is 0.500. The number of nitrogens with zero attached hydrogens (tertiary/aromatic N) is 1. The van der Waals surface area contributed by atoms with Gasteiger partial charge >= 0.3 is 0 Å². The van der Waals surface area contributed by atoms with Crippen LogP contribution in [0, 0.1) is 0 Å². The molecule has 0 saturated carbocycles. The fourth-order valence-electron chi connectivity index (χ4n) is 1.52. The van der Waals surface area contributed by atoms with Crippen molar-refractivity contribution in [3.8, 4) is 11.5 Å². The van der Waals surface area contributed by atoms with E-state index in [0.29, 0.717) is 0 Å². The Balaban J connectivity index is 2.89. The second kappa shape index (κ2) is 6.23. The third-order valence-electron chi connectivity index (χ3n) is 2.45. The zero-order valence-corrected chi connectivity index (χ0v) is 10.1. The number of anilines is 1. The summed E-state index contributed by atoms with van der Waals surface area (Å²) in [6.45, 7) is 0.969. The molecule has 0 heterocycles. The Bertz CT molecular complexity index is 328. The standard InChI is InChI=1S/C12H19NO3/c1-13(7-4-8-14)11-9-10(15-2)5-6-12(11)16-3/h5-6,9,14H,4,7-8H2,1-3H3. The van der Waals surface area contributed by atoms with E-state index >= 15 is 0 Å². The smallest absolute Gasteiger partial charge is 0.142 e. The van der Waals surface area contributed by atoms with Gasteiger partial charge in [0.15, 0.2) is 0 Å². The number of aliphatic hydroxyl groups excluding tert-OH is 1. The SMILES string of the molecule is COc1ccc(OC)c(N(C)CCCO)c1. The summed E-state index contributed by atoms with van der Waals surface area (Å²) >= 11 is 0. The highest BCUT2D eigenvalue weighted by atomic mass is 16.5. The summed E-state index contributed by atoms with van der Waals surface area (Å²) in [7, 11) is 5.25. The van der Waals surface area contributed by atoms with Crippen molar-refractivity contribution in [2.75, 3.05) is 39.3 Å². The van der Waals surface area contributed by atoms with Gasteiger partial charge in [0.25, 0.3) is 0 Å².